The van der Waals surface area contributed by atoms with E-state index in [-0.39, 0.29) is 0 Å². The molecule has 6 heteroatoms. The predicted molar refractivity (Wildman–Crippen MR) is 374 cm³/mol. The number of nitrogens with zero attached hydrogens (tertiary/aromatic N) is 6. The van der Waals surface area contributed by atoms with Crippen LogP contribution in [0.1, 0.15) is 0 Å². The molecule has 0 radical (unpaired) electrons. The van der Waals surface area contributed by atoms with Gasteiger partial charge in [0.15, 0.2) is 0 Å². The molecule has 0 N–H and O–H groups in total. The molecular formula is C84H54N6. The minimum Gasteiger partial charge on any atom is -0.309 e. The summed E-state index contributed by atoms with van der Waals surface area (Å²) in [6.45, 7) is 0. The van der Waals surface area contributed by atoms with Crippen LogP contribution in [0.5, 0.6) is 0 Å². The van der Waals surface area contributed by atoms with Gasteiger partial charge < -0.3 is 13.7 Å². The van der Waals surface area contributed by atoms with E-state index in [0.29, 0.717) is 5.78 Å². The highest BCUT2D eigenvalue weighted by molar-refractivity contribution is 6.15. The van der Waals surface area contributed by atoms with Gasteiger partial charge in [0, 0.05) is 78.5 Å². The van der Waals surface area contributed by atoms with Crippen molar-refractivity contribution in [1.82, 2.24) is 28.1 Å². The van der Waals surface area contributed by atoms with Gasteiger partial charge >= 0.3 is 0 Å². The van der Waals surface area contributed by atoms with E-state index in [1.54, 1.807) is 0 Å². The first-order chi connectivity index (χ1) is 44.6. The molecule has 18 aromatic rings. The SMILES string of the molecule is c1ccc(-c2ccc3c(c2)c2cc(-c4ccccc4)ccc2n3-c2ccc3c(c2)c2cc(-n4c5ccc(-c6ccccc6)cc5c5cc(-c6ccccc6)ccc54)ccc2n3-c2ccc(-c3cnc4nc(-c5ccccc5)c(-c5ccccc5)n4c3)cc2)cc1. The molecule has 5 heterocycles. The van der Waals surface area contributed by atoms with Crippen molar-refractivity contribution in [1.29, 1.82) is 0 Å². The fourth-order valence-electron chi connectivity index (χ4n) is 14.0. The van der Waals surface area contributed by atoms with Crippen LogP contribution in [0.3, 0.4) is 0 Å². The van der Waals surface area contributed by atoms with E-state index >= 15 is 0 Å². The van der Waals surface area contributed by atoms with Crippen LogP contribution in [0.4, 0.5) is 0 Å². The summed E-state index contributed by atoms with van der Waals surface area (Å²) < 4.78 is 9.52. The lowest BCUT2D eigenvalue weighted by molar-refractivity contribution is 1.11. The number of rotatable bonds is 10. The highest BCUT2D eigenvalue weighted by Crippen LogP contribution is 2.43. The Labute approximate surface area is 519 Å². The molecule has 0 atom stereocenters. The Bertz CT molecular complexity index is 5330. The summed E-state index contributed by atoms with van der Waals surface area (Å²) in [6, 6.07) is 115. The maximum Gasteiger partial charge on any atom is 0.234 e. The Morgan fingerprint density at radius 2 is 0.511 bits per heavy atom. The number of benzene rings is 13. The summed E-state index contributed by atoms with van der Waals surface area (Å²) >= 11 is 0. The molecule has 5 aromatic heterocycles. The maximum absolute atomic E-state index is 5.11. The van der Waals surface area contributed by atoms with E-state index in [2.05, 4.69) is 334 Å². The molecule has 18 rings (SSSR count). The first kappa shape index (κ1) is 51.1. The molecule has 0 aliphatic heterocycles. The topological polar surface area (TPSA) is 45.0 Å². The smallest absolute Gasteiger partial charge is 0.234 e. The third-order valence-electron chi connectivity index (χ3n) is 18.2. The Morgan fingerprint density at radius 3 is 0.889 bits per heavy atom. The van der Waals surface area contributed by atoms with Crippen molar-refractivity contribution in [3.8, 4) is 95.2 Å². The number of aromatic nitrogens is 6. The first-order valence-electron chi connectivity index (χ1n) is 30.7. The molecule has 13 aromatic carbocycles. The van der Waals surface area contributed by atoms with Crippen LogP contribution in [0, 0.1) is 0 Å². The van der Waals surface area contributed by atoms with Gasteiger partial charge in [-0.3, -0.25) is 4.40 Å². The van der Waals surface area contributed by atoms with Gasteiger partial charge in [0.2, 0.25) is 5.78 Å². The van der Waals surface area contributed by atoms with Crippen LogP contribution in [0.15, 0.2) is 328 Å². The molecule has 6 nitrogen and oxygen atoms in total. The van der Waals surface area contributed by atoms with Gasteiger partial charge in [-0.15, -0.1) is 0 Å². The summed E-state index contributed by atoms with van der Waals surface area (Å²) in [5.41, 5.74) is 25.7. The van der Waals surface area contributed by atoms with Crippen molar-refractivity contribution in [2.75, 3.05) is 0 Å². The zero-order valence-electron chi connectivity index (χ0n) is 48.9. The average molecular weight is 1150 g/mol. The fraction of sp³-hybridized carbons (Fsp3) is 0. The van der Waals surface area contributed by atoms with E-state index in [4.69, 9.17) is 9.97 Å². The van der Waals surface area contributed by atoms with Crippen molar-refractivity contribution < 1.29 is 0 Å². The van der Waals surface area contributed by atoms with Crippen molar-refractivity contribution >= 4 is 71.2 Å². The van der Waals surface area contributed by atoms with Gasteiger partial charge in [0.25, 0.3) is 0 Å². The lowest BCUT2D eigenvalue weighted by Crippen LogP contribution is -1.97. The minimum absolute atomic E-state index is 0.654. The van der Waals surface area contributed by atoms with E-state index in [1.807, 2.05) is 12.3 Å². The van der Waals surface area contributed by atoms with E-state index in [9.17, 15) is 0 Å². The molecule has 0 fully saturated rings. The summed E-state index contributed by atoms with van der Waals surface area (Å²) in [5, 5.41) is 7.15. The normalized spacial score (nSPS) is 11.8. The quantitative estimate of drug-likeness (QED) is 0.137. The molecule has 420 valence electrons. The van der Waals surface area contributed by atoms with Gasteiger partial charge in [-0.1, -0.05) is 218 Å². The van der Waals surface area contributed by atoms with Gasteiger partial charge in [0.05, 0.1) is 44.5 Å². The van der Waals surface area contributed by atoms with E-state index in [0.717, 1.165) is 94.6 Å². The predicted octanol–water partition coefficient (Wildman–Crippen LogP) is 21.7. The Balaban J connectivity index is 0.839. The molecule has 0 unspecified atom stereocenters. The Hall–Kier alpha value is -12.1. The van der Waals surface area contributed by atoms with Crippen LogP contribution in [0.2, 0.25) is 0 Å². The second kappa shape index (κ2) is 20.8. The average Bonchev–Trinajstić information content (AvgIpc) is 1.67. The summed E-state index contributed by atoms with van der Waals surface area (Å²) in [6.07, 6.45) is 4.13. The van der Waals surface area contributed by atoms with Crippen LogP contribution >= 0.6 is 0 Å². The standard InChI is InChI=1S/C84H54N6/c1-7-19-55(20-8-1)62-33-41-76-70(47-62)71-48-63(56-21-9-2-10-22-56)34-42-77(71)89(76)68-39-45-80-74(51-68)75-52-69(90-78-43-35-64(57-23-11-3-12-24-57)49-72(78)73-50-65(36-44-79(73)90)58-25-13-4-14-26-58)40-46-81(75)88(80)67-37-31-59(32-38-67)66-53-85-84-86-82(60-27-15-5-16-28-60)83(87(84)54-66)61-29-17-6-18-30-61/h1-54H. The highest BCUT2D eigenvalue weighted by atomic mass is 15.1. The number of hydrogen-bond donors (Lipinski definition) is 0. The molecular weight excluding hydrogens is 1090 g/mol. The van der Waals surface area contributed by atoms with Crippen molar-refractivity contribution in [2.24, 2.45) is 0 Å². The lowest BCUT2D eigenvalue weighted by atomic mass is 10.0. The third kappa shape index (κ3) is 8.41. The Kier molecular flexibility index (Phi) is 11.8. The second-order valence-electron chi connectivity index (χ2n) is 23.4. The van der Waals surface area contributed by atoms with Crippen LogP contribution in [0.25, 0.3) is 166 Å². The molecule has 0 spiro atoms. The van der Waals surface area contributed by atoms with Crippen LogP contribution < -0.4 is 0 Å². The summed E-state index contributed by atoms with van der Waals surface area (Å²) in [7, 11) is 0. The number of fused-ring (bicyclic) bond motifs is 10. The number of imidazole rings is 1. The molecule has 0 bridgehead atoms. The monoisotopic (exact) mass is 1150 g/mol. The van der Waals surface area contributed by atoms with Crippen molar-refractivity contribution in [2.45, 2.75) is 0 Å². The fourth-order valence-corrected chi connectivity index (χ4v) is 14.0. The summed E-state index contributed by atoms with van der Waals surface area (Å²) in [5.74, 6) is 0.654. The second-order valence-corrected chi connectivity index (χ2v) is 23.4. The van der Waals surface area contributed by atoms with Gasteiger partial charge in [-0.05, 0) is 147 Å². The van der Waals surface area contributed by atoms with Crippen molar-refractivity contribution in [3.63, 3.8) is 0 Å². The molecule has 0 saturated carbocycles. The van der Waals surface area contributed by atoms with Crippen LogP contribution in [-0.4, -0.2) is 28.1 Å². The third-order valence-corrected chi connectivity index (χ3v) is 18.2. The maximum atomic E-state index is 5.11. The molecule has 90 heavy (non-hydrogen) atoms. The lowest BCUT2D eigenvalue weighted by Gasteiger charge is -2.12. The molecule has 0 saturated heterocycles. The number of hydrogen-bond acceptors (Lipinski definition) is 2. The van der Waals surface area contributed by atoms with E-state index < -0.39 is 0 Å². The van der Waals surface area contributed by atoms with Gasteiger partial charge in [-0.2, -0.15) is 0 Å². The first-order valence-corrected chi connectivity index (χ1v) is 30.7. The molecule has 0 aliphatic carbocycles. The zero-order chi connectivity index (χ0) is 59.2. The van der Waals surface area contributed by atoms with Gasteiger partial charge in [-0.25, -0.2) is 9.97 Å². The Morgan fingerprint density at radius 1 is 0.222 bits per heavy atom. The molecule has 0 amide bonds. The zero-order valence-corrected chi connectivity index (χ0v) is 48.9. The highest BCUT2D eigenvalue weighted by Gasteiger charge is 2.23. The molecule has 0 aliphatic rings. The minimum atomic E-state index is 0.654. The van der Waals surface area contributed by atoms with Gasteiger partial charge in [0.1, 0.15) is 0 Å². The van der Waals surface area contributed by atoms with E-state index in [1.165, 1.54) is 66.1 Å². The van der Waals surface area contributed by atoms with Crippen LogP contribution in [-0.2, 0) is 0 Å². The summed E-state index contributed by atoms with van der Waals surface area (Å²) in [4.78, 5) is 10.1. The largest absolute Gasteiger partial charge is 0.309 e. The van der Waals surface area contributed by atoms with Crippen molar-refractivity contribution in [3.05, 3.63) is 328 Å².